The van der Waals surface area contributed by atoms with Gasteiger partial charge in [0.05, 0.1) is 7.11 Å². The molecule has 2 rings (SSSR count). The molecular weight excluding hydrogens is 286 g/mol. The number of hydrogen-bond acceptors (Lipinski definition) is 3. The average molecular weight is 313 g/mol. The van der Waals surface area contributed by atoms with Gasteiger partial charge >= 0.3 is 0 Å². The molecule has 0 radical (unpaired) electrons. The van der Waals surface area contributed by atoms with Crippen molar-refractivity contribution in [3.63, 3.8) is 0 Å². The van der Waals surface area contributed by atoms with Crippen molar-refractivity contribution < 1.29 is 9.47 Å². The number of rotatable bonds is 8. The molecule has 0 amide bonds. The van der Waals surface area contributed by atoms with E-state index in [2.05, 4.69) is 44.1 Å². The van der Waals surface area contributed by atoms with Crippen molar-refractivity contribution in [3.05, 3.63) is 59.2 Å². The van der Waals surface area contributed by atoms with Crippen LogP contribution >= 0.6 is 0 Å². The summed E-state index contributed by atoms with van der Waals surface area (Å²) < 4.78 is 11.4. The summed E-state index contributed by atoms with van der Waals surface area (Å²) in [6, 6.07) is 14.5. The molecule has 0 aromatic heterocycles. The summed E-state index contributed by atoms with van der Waals surface area (Å²) in [5.74, 6) is 1.81. The van der Waals surface area contributed by atoms with Gasteiger partial charge in [0.1, 0.15) is 18.1 Å². The Morgan fingerprint density at radius 2 is 1.78 bits per heavy atom. The predicted octanol–water partition coefficient (Wildman–Crippen LogP) is 4.08. The summed E-state index contributed by atoms with van der Waals surface area (Å²) in [6.07, 6.45) is 2.22. The van der Waals surface area contributed by atoms with E-state index in [1.54, 1.807) is 7.11 Å². The first-order valence-corrected chi connectivity index (χ1v) is 8.09. The Balaban J connectivity index is 2.05. The lowest BCUT2D eigenvalue weighted by Crippen LogP contribution is -2.13. The summed E-state index contributed by atoms with van der Waals surface area (Å²) in [4.78, 5) is 2.21. The molecule has 124 valence electrons. The molecule has 0 fully saturated rings. The van der Waals surface area contributed by atoms with Crippen LogP contribution in [0.25, 0.3) is 0 Å². The Morgan fingerprint density at radius 3 is 2.48 bits per heavy atom. The third-order valence-electron chi connectivity index (χ3n) is 3.89. The molecule has 2 aromatic rings. The Morgan fingerprint density at radius 1 is 1.00 bits per heavy atom. The monoisotopic (exact) mass is 313 g/mol. The van der Waals surface area contributed by atoms with Gasteiger partial charge in [0.2, 0.25) is 0 Å². The Bertz CT molecular complexity index is 623. The molecule has 0 atom stereocenters. The standard InChI is InChI=1S/C20H27NO2/c1-16-8-5-6-10-19(16)23-15-18-14-17(9-7-13-21(2)3)11-12-20(18)22-4/h5-6,8,10-12,14H,7,9,13,15H2,1-4H3. The summed E-state index contributed by atoms with van der Waals surface area (Å²) >= 11 is 0. The van der Waals surface area contributed by atoms with Crippen molar-refractivity contribution in [3.8, 4) is 11.5 Å². The van der Waals surface area contributed by atoms with Gasteiger partial charge in [0, 0.05) is 5.56 Å². The highest BCUT2D eigenvalue weighted by atomic mass is 16.5. The number of hydrogen-bond donors (Lipinski definition) is 0. The molecular formula is C20H27NO2. The van der Waals surface area contributed by atoms with Crippen LogP contribution < -0.4 is 9.47 Å². The molecule has 0 saturated carbocycles. The van der Waals surface area contributed by atoms with Crippen molar-refractivity contribution in [2.24, 2.45) is 0 Å². The van der Waals surface area contributed by atoms with Crippen LogP contribution in [0.1, 0.15) is 23.1 Å². The van der Waals surface area contributed by atoms with Gasteiger partial charge < -0.3 is 14.4 Å². The fraction of sp³-hybridized carbons (Fsp3) is 0.400. The smallest absolute Gasteiger partial charge is 0.125 e. The van der Waals surface area contributed by atoms with Crippen molar-refractivity contribution >= 4 is 0 Å². The molecule has 3 nitrogen and oxygen atoms in total. The van der Waals surface area contributed by atoms with Crippen molar-refractivity contribution in [1.29, 1.82) is 0 Å². The first-order chi connectivity index (χ1) is 11.1. The minimum Gasteiger partial charge on any atom is -0.496 e. The second-order valence-electron chi connectivity index (χ2n) is 6.11. The molecule has 0 spiro atoms. The molecule has 2 aromatic carbocycles. The first kappa shape index (κ1) is 17.4. The molecule has 0 bridgehead atoms. The highest BCUT2D eigenvalue weighted by Crippen LogP contribution is 2.24. The van der Waals surface area contributed by atoms with Gasteiger partial charge in [-0.3, -0.25) is 0 Å². The van der Waals surface area contributed by atoms with Crippen LogP contribution in [-0.4, -0.2) is 32.6 Å². The van der Waals surface area contributed by atoms with Gasteiger partial charge in [-0.2, -0.15) is 0 Å². The minimum absolute atomic E-state index is 0.523. The minimum atomic E-state index is 0.523. The topological polar surface area (TPSA) is 21.7 Å². The van der Waals surface area contributed by atoms with E-state index in [9.17, 15) is 0 Å². The van der Waals surface area contributed by atoms with Crippen molar-refractivity contribution in [2.75, 3.05) is 27.7 Å². The number of para-hydroxylation sites is 1. The molecule has 23 heavy (non-hydrogen) atoms. The SMILES string of the molecule is COc1ccc(CCCN(C)C)cc1COc1ccccc1C. The van der Waals surface area contributed by atoms with Gasteiger partial charge in [-0.15, -0.1) is 0 Å². The molecule has 0 unspecified atom stereocenters. The Kier molecular flexibility index (Phi) is 6.48. The molecule has 0 heterocycles. The lowest BCUT2D eigenvalue weighted by atomic mass is 10.1. The molecule has 0 aliphatic rings. The summed E-state index contributed by atoms with van der Waals surface area (Å²) in [5.41, 5.74) is 3.57. The van der Waals surface area contributed by atoms with Crippen LogP contribution in [0, 0.1) is 6.92 Å². The van der Waals surface area contributed by atoms with Crippen molar-refractivity contribution in [1.82, 2.24) is 4.90 Å². The Labute approximate surface area is 139 Å². The van der Waals surface area contributed by atoms with Crippen LogP contribution in [0.15, 0.2) is 42.5 Å². The number of methoxy groups -OCH3 is 1. The fourth-order valence-electron chi connectivity index (χ4n) is 2.57. The number of aryl methyl sites for hydroxylation is 2. The zero-order valence-corrected chi connectivity index (χ0v) is 14.6. The van der Waals surface area contributed by atoms with E-state index >= 15 is 0 Å². The van der Waals surface area contributed by atoms with Crippen LogP contribution in [0.4, 0.5) is 0 Å². The van der Waals surface area contributed by atoms with Crippen LogP contribution in [0.3, 0.4) is 0 Å². The van der Waals surface area contributed by atoms with Gasteiger partial charge in [-0.1, -0.05) is 24.3 Å². The van der Waals surface area contributed by atoms with Gasteiger partial charge in [0.15, 0.2) is 0 Å². The van der Waals surface area contributed by atoms with Gasteiger partial charge in [-0.05, 0) is 69.7 Å². The van der Waals surface area contributed by atoms with E-state index in [0.717, 1.165) is 42.0 Å². The zero-order chi connectivity index (χ0) is 16.7. The van der Waals surface area contributed by atoms with Crippen LogP contribution in [-0.2, 0) is 13.0 Å². The second kappa shape index (κ2) is 8.59. The van der Waals surface area contributed by atoms with E-state index in [1.807, 2.05) is 24.3 Å². The van der Waals surface area contributed by atoms with Crippen LogP contribution in [0.5, 0.6) is 11.5 Å². The number of benzene rings is 2. The average Bonchev–Trinajstić information content (AvgIpc) is 2.54. The normalized spacial score (nSPS) is 10.8. The van der Waals surface area contributed by atoms with Gasteiger partial charge in [-0.25, -0.2) is 0 Å². The third-order valence-corrected chi connectivity index (χ3v) is 3.89. The Hall–Kier alpha value is -2.00. The fourth-order valence-corrected chi connectivity index (χ4v) is 2.57. The van der Waals surface area contributed by atoms with Gasteiger partial charge in [0.25, 0.3) is 0 Å². The highest BCUT2D eigenvalue weighted by molar-refractivity contribution is 5.38. The highest BCUT2D eigenvalue weighted by Gasteiger charge is 2.07. The number of nitrogens with zero attached hydrogens (tertiary/aromatic N) is 1. The maximum atomic E-state index is 5.97. The lowest BCUT2D eigenvalue weighted by Gasteiger charge is -2.14. The third kappa shape index (κ3) is 5.29. The quantitative estimate of drug-likeness (QED) is 0.733. The van der Waals surface area contributed by atoms with E-state index in [-0.39, 0.29) is 0 Å². The molecule has 0 aliphatic carbocycles. The summed E-state index contributed by atoms with van der Waals surface area (Å²) in [7, 11) is 5.92. The van der Waals surface area contributed by atoms with E-state index in [1.165, 1.54) is 5.56 Å². The summed E-state index contributed by atoms with van der Waals surface area (Å²) in [6.45, 7) is 3.68. The molecule has 3 heteroatoms. The van der Waals surface area contributed by atoms with E-state index in [0.29, 0.717) is 6.61 Å². The molecule has 0 saturated heterocycles. The van der Waals surface area contributed by atoms with Crippen LogP contribution in [0.2, 0.25) is 0 Å². The number of ether oxygens (including phenoxy) is 2. The first-order valence-electron chi connectivity index (χ1n) is 8.09. The lowest BCUT2D eigenvalue weighted by molar-refractivity contribution is 0.294. The zero-order valence-electron chi connectivity index (χ0n) is 14.6. The second-order valence-corrected chi connectivity index (χ2v) is 6.11. The maximum absolute atomic E-state index is 5.97. The largest absolute Gasteiger partial charge is 0.496 e. The summed E-state index contributed by atoms with van der Waals surface area (Å²) in [5, 5.41) is 0. The molecule has 0 N–H and O–H groups in total. The maximum Gasteiger partial charge on any atom is 0.125 e. The van der Waals surface area contributed by atoms with Crippen molar-refractivity contribution in [2.45, 2.75) is 26.4 Å². The van der Waals surface area contributed by atoms with E-state index in [4.69, 9.17) is 9.47 Å². The van der Waals surface area contributed by atoms with E-state index < -0.39 is 0 Å². The molecule has 0 aliphatic heterocycles. The predicted molar refractivity (Wildman–Crippen MR) is 95.4 cm³/mol.